The van der Waals surface area contributed by atoms with Gasteiger partial charge in [-0.05, 0) is 24.3 Å². The fraction of sp³-hybridized carbons (Fsp3) is 0. The molecule has 1 N–H and O–H groups in total. The molecule has 0 saturated carbocycles. The normalized spacial score (nSPS) is 10.1. The summed E-state index contributed by atoms with van der Waals surface area (Å²) in [5.74, 6) is -0.992. The zero-order valence-corrected chi connectivity index (χ0v) is 8.85. The highest BCUT2D eigenvalue weighted by Crippen LogP contribution is 2.17. The van der Waals surface area contributed by atoms with Gasteiger partial charge in [0.25, 0.3) is 0 Å². The van der Waals surface area contributed by atoms with Crippen molar-refractivity contribution in [2.24, 2.45) is 0 Å². The van der Waals surface area contributed by atoms with Crippen LogP contribution in [0.2, 0.25) is 5.15 Å². The molecule has 0 saturated heterocycles. The van der Waals surface area contributed by atoms with Gasteiger partial charge in [-0.15, -0.1) is 0 Å². The van der Waals surface area contributed by atoms with Crippen LogP contribution in [0, 0.1) is 0 Å². The number of rotatable bonds is 2. The van der Waals surface area contributed by atoms with E-state index in [0.29, 0.717) is 10.8 Å². The third-order valence-electron chi connectivity index (χ3n) is 2.03. The van der Waals surface area contributed by atoms with E-state index in [1.54, 1.807) is 24.4 Å². The molecule has 0 aliphatic rings. The maximum atomic E-state index is 10.6. The highest BCUT2D eigenvalue weighted by Gasteiger charge is 2.04. The van der Waals surface area contributed by atoms with Crippen molar-refractivity contribution in [3.63, 3.8) is 0 Å². The molecule has 2 rings (SSSR count). The van der Waals surface area contributed by atoms with E-state index in [1.807, 2.05) is 0 Å². The minimum atomic E-state index is -0.992. The summed E-state index contributed by atoms with van der Waals surface area (Å²) in [6, 6.07) is 6.56. The molecule has 2 aromatic heterocycles. The van der Waals surface area contributed by atoms with Crippen molar-refractivity contribution >= 4 is 17.6 Å². The summed E-state index contributed by atoms with van der Waals surface area (Å²) in [5.41, 5.74) is 1.61. The van der Waals surface area contributed by atoms with E-state index in [-0.39, 0.29) is 5.56 Å². The zero-order valence-electron chi connectivity index (χ0n) is 8.09. The highest BCUT2D eigenvalue weighted by molar-refractivity contribution is 6.29. The number of pyridine rings is 2. The van der Waals surface area contributed by atoms with Crippen LogP contribution in [0.4, 0.5) is 0 Å². The van der Waals surface area contributed by atoms with Gasteiger partial charge in [0.2, 0.25) is 0 Å². The first-order chi connectivity index (χ1) is 7.66. The van der Waals surface area contributed by atoms with E-state index in [0.717, 1.165) is 5.56 Å². The minimum Gasteiger partial charge on any atom is -0.478 e. The van der Waals surface area contributed by atoms with Gasteiger partial charge in [0.1, 0.15) is 5.15 Å². The molecule has 0 aromatic carbocycles. The molecule has 4 nitrogen and oxygen atoms in total. The van der Waals surface area contributed by atoms with Gasteiger partial charge >= 0.3 is 5.97 Å². The van der Waals surface area contributed by atoms with Crippen LogP contribution in [0.1, 0.15) is 10.4 Å². The number of carboxylic acid groups (broad SMARTS) is 1. The van der Waals surface area contributed by atoms with Crippen LogP contribution in [-0.4, -0.2) is 21.0 Å². The van der Waals surface area contributed by atoms with Gasteiger partial charge in [-0.2, -0.15) is 0 Å². The second-order valence-electron chi connectivity index (χ2n) is 3.11. The number of carbonyl (C=O) groups is 1. The largest absolute Gasteiger partial charge is 0.478 e. The third kappa shape index (κ3) is 2.17. The number of aromatic nitrogens is 2. The van der Waals surface area contributed by atoms with Crippen molar-refractivity contribution in [1.29, 1.82) is 0 Å². The lowest BCUT2D eigenvalue weighted by Gasteiger charge is -2.00. The predicted molar refractivity (Wildman–Crippen MR) is 59.4 cm³/mol. The van der Waals surface area contributed by atoms with E-state index < -0.39 is 5.97 Å². The maximum Gasteiger partial charge on any atom is 0.337 e. The lowest BCUT2D eigenvalue weighted by Crippen LogP contribution is -1.97. The lowest BCUT2D eigenvalue weighted by atomic mass is 10.1. The van der Waals surface area contributed by atoms with Gasteiger partial charge in [-0.25, -0.2) is 9.78 Å². The Morgan fingerprint density at radius 3 is 2.44 bits per heavy atom. The molecule has 0 radical (unpaired) electrons. The molecule has 0 bridgehead atoms. The standard InChI is InChI=1S/C11H7ClN2O2/c12-10-4-2-7(5-14-10)9-3-1-8(6-13-9)11(15)16/h1-6H,(H,15,16). The topological polar surface area (TPSA) is 63.1 Å². The third-order valence-corrected chi connectivity index (χ3v) is 2.26. The predicted octanol–water partition coefficient (Wildman–Crippen LogP) is 2.50. The second kappa shape index (κ2) is 4.28. The van der Waals surface area contributed by atoms with Gasteiger partial charge in [0.15, 0.2) is 0 Å². The van der Waals surface area contributed by atoms with E-state index in [2.05, 4.69) is 9.97 Å². The van der Waals surface area contributed by atoms with Crippen LogP contribution in [-0.2, 0) is 0 Å². The molecule has 80 valence electrons. The van der Waals surface area contributed by atoms with Crippen molar-refractivity contribution in [1.82, 2.24) is 9.97 Å². The maximum absolute atomic E-state index is 10.6. The summed E-state index contributed by atoms with van der Waals surface area (Å²) in [4.78, 5) is 18.6. The molecular formula is C11H7ClN2O2. The van der Waals surface area contributed by atoms with Crippen LogP contribution >= 0.6 is 11.6 Å². The monoisotopic (exact) mass is 234 g/mol. The SMILES string of the molecule is O=C(O)c1ccc(-c2ccc(Cl)nc2)nc1. The Hall–Kier alpha value is -1.94. The van der Waals surface area contributed by atoms with Crippen LogP contribution in [0.25, 0.3) is 11.3 Å². The lowest BCUT2D eigenvalue weighted by molar-refractivity contribution is 0.0696. The highest BCUT2D eigenvalue weighted by atomic mass is 35.5. The van der Waals surface area contributed by atoms with Gasteiger partial charge in [0.05, 0.1) is 11.3 Å². The van der Waals surface area contributed by atoms with Crippen LogP contribution < -0.4 is 0 Å². The van der Waals surface area contributed by atoms with Crippen molar-refractivity contribution in [3.8, 4) is 11.3 Å². The Kier molecular flexibility index (Phi) is 2.83. The van der Waals surface area contributed by atoms with E-state index in [9.17, 15) is 4.79 Å². The van der Waals surface area contributed by atoms with Crippen molar-refractivity contribution < 1.29 is 9.90 Å². The molecule has 0 spiro atoms. The zero-order chi connectivity index (χ0) is 11.5. The first-order valence-corrected chi connectivity index (χ1v) is 4.86. The fourth-order valence-corrected chi connectivity index (χ4v) is 1.33. The molecule has 0 fully saturated rings. The van der Waals surface area contributed by atoms with Crippen molar-refractivity contribution in [3.05, 3.63) is 47.4 Å². The molecule has 2 heterocycles. The number of nitrogens with zero attached hydrogens (tertiary/aromatic N) is 2. The molecular weight excluding hydrogens is 228 g/mol. The number of carboxylic acids is 1. The molecule has 0 atom stereocenters. The molecule has 5 heteroatoms. The van der Waals surface area contributed by atoms with Gasteiger partial charge in [0, 0.05) is 18.0 Å². The van der Waals surface area contributed by atoms with E-state index in [4.69, 9.17) is 16.7 Å². The van der Waals surface area contributed by atoms with Crippen molar-refractivity contribution in [2.75, 3.05) is 0 Å². The number of hydrogen-bond acceptors (Lipinski definition) is 3. The Bertz CT molecular complexity index is 509. The molecule has 0 unspecified atom stereocenters. The summed E-state index contributed by atoms with van der Waals surface area (Å²) in [6.45, 7) is 0. The molecule has 0 amide bonds. The summed E-state index contributed by atoms with van der Waals surface area (Å²) < 4.78 is 0. The molecule has 0 aliphatic carbocycles. The molecule has 2 aromatic rings. The number of hydrogen-bond donors (Lipinski definition) is 1. The van der Waals surface area contributed by atoms with Gasteiger partial charge in [-0.1, -0.05) is 11.6 Å². The van der Waals surface area contributed by atoms with Crippen LogP contribution in [0.3, 0.4) is 0 Å². The Labute approximate surface area is 96.6 Å². The Morgan fingerprint density at radius 2 is 1.94 bits per heavy atom. The quantitative estimate of drug-likeness (QED) is 0.811. The summed E-state index contributed by atoms with van der Waals surface area (Å²) in [5, 5.41) is 9.12. The minimum absolute atomic E-state index is 0.158. The second-order valence-corrected chi connectivity index (χ2v) is 3.49. The van der Waals surface area contributed by atoms with E-state index >= 15 is 0 Å². The van der Waals surface area contributed by atoms with E-state index in [1.165, 1.54) is 12.3 Å². The smallest absolute Gasteiger partial charge is 0.337 e. The summed E-state index contributed by atoms with van der Waals surface area (Å²) >= 11 is 5.66. The van der Waals surface area contributed by atoms with Crippen LogP contribution in [0.5, 0.6) is 0 Å². The van der Waals surface area contributed by atoms with Crippen LogP contribution in [0.15, 0.2) is 36.7 Å². The Morgan fingerprint density at radius 1 is 1.12 bits per heavy atom. The fourth-order valence-electron chi connectivity index (χ4n) is 1.22. The Balaban J connectivity index is 2.34. The molecule has 0 aliphatic heterocycles. The van der Waals surface area contributed by atoms with Gasteiger partial charge in [-0.3, -0.25) is 4.98 Å². The first-order valence-electron chi connectivity index (χ1n) is 4.48. The first kappa shape index (κ1) is 10.6. The number of aromatic carboxylic acids is 1. The molecule has 16 heavy (non-hydrogen) atoms. The number of halogens is 1. The van der Waals surface area contributed by atoms with Gasteiger partial charge < -0.3 is 5.11 Å². The average Bonchev–Trinajstić information content (AvgIpc) is 2.30. The summed E-state index contributed by atoms with van der Waals surface area (Å²) in [6.07, 6.45) is 2.90. The average molecular weight is 235 g/mol. The van der Waals surface area contributed by atoms with Crippen molar-refractivity contribution in [2.45, 2.75) is 0 Å². The summed E-state index contributed by atoms with van der Waals surface area (Å²) in [7, 11) is 0.